The molecule has 1 aromatic carbocycles. The van der Waals surface area contributed by atoms with E-state index in [9.17, 15) is 0 Å². The van der Waals surface area contributed by atoms with E-state index in [2.05, 4.69) is 43.4 Å². The molecule has 106 valence electrons. The topological polar surface area (TPSA) is 58.3 Å². The second kappa shape index (κ2) is 6.04. The predicted molar refractivity (Wildman–Crippen MR) is 78.8 cm³/mol. The zero-order valence-electron chi connectivity index (χ0n) is 12.0. The average Bonchev–Trinajstić information content (AvgIpc) is 2.72. The number of nitrogens with two attached hydrogens (primary N) is 1. The summed E-state index contributed by atoms with van der Waals surface area (Å²) in [5.74, 6) is 0. The van der Waals surface area contributed by atoms with Crippen LogP contribution in [0.1, 0.15) is 56.3 Å². The van der Waals surface area contributed by atoms with E-state index in [0.29, 0.717) is 6.04 Å². The third-order valence-corrected chi connectivity index (χ3v) is 4.10. The molecule has 2 rings (SSSR count). The number of benzene rings is 1. The van der Waals surface area contributed by atoms with Gasteiger partial charge in [0, 0.05) is 25.2 Å². The number of aliphatic hydroxyl groups excluding tert-OH is 1. The van der Waals surface area contributed by atoms with E-state index >= 15 is 0 Å². The predicted octanol–water partition coefficient (Wildman–Crippen LogP) is 2.52. The van der Waals surface area contributed by atoms with Crippen molar-refractivity contribution in [2.24, 2.45) is 11.1 Å². The van der Waals surface area contributed by atoms with Crippen LogP contribution in [0, 0.1) is 5.41 Å². The number of nitrogens with one attached hydrogen (secondary N) is 1. The van der Waals surface area contributed by atoms with E-state index in [-0.39, 0.29) is 18.1 Å². The van der Waals surface area contributed by atoms with Crippen LogP contribution in [0.5, 0.6) is 0 Å². The maximum atomic E-state index is 8.94. The summed E-state index contributed by atoms with van der Waals surface area (Å²) in [6.07, 6.45) is 2.89. The summed E-state index contributed by atoms with van der Waals surface area (Å²) in [5, 5.41) is 12.6. The Morgan fingerprint density at radius 1 is 1.32 bits per heavy atom. The van der Waals surface area contributed by atoms with Crippen LogP contribution in [-0.2, 0) is 0 Å². The van der Waals surface area contributed by atoms with Crippen LogP contribution in [0.2, 0.25) is 0 Å². The van der Waals surface area contributed by atoms with Gasteiger partial charge < -0.3 is 16.2 Å². The molecule has 0 aliphatic heterocycles. The highest BCUT2D eigenvalue weighted by Crippen LogP contribution is 2.37. The third-order valence-electron chi connectivity index (χ3n) is 4.10. The Hall–Kier alpha value is -0.900. The number of hydrogen-bond donors (Lipinski definition) is 3. The Balaban J connectivity index is 1.95. The molecule has 0 saturated carbocycles. The normalized spacial score (nSPS) is 22.5. The monoisotopic (exact) mass is 262 g/mol. The van der Waals surface area contributed by atoms with Crippen molar-refractivity contribution in [3.8, 4) is 0 Å². The molecule has 0 bridgehead atoms. The summed E-state index contributed by atoms with van der Waals surface area (Å²) in [5.41, 5.74) is 9.04. The largest absolute Gasteiger partial charge is 0.396 e. The maximum Gasteiger partial charge on any atom is 0.0431 e. The lowest BCUT2D eigenvalue weighted by molar-refractivity contribution is 0.231. The van der Waals surface area contributed by atoms with Crippen molar-refractivity contribution < 1.29 is 5.11 Å². The van der Waals surface area contributed by atoms with Crippen LogP contribution in [0.4, 0.5) is 0 Å². The molecule has 0 spiro atoms. The van der Waals surface area contributed by atoms with E-state index in [1.807, 2.05) is 0 Å². The smallest absolute Gasteiger partial charge is 0.0431 e. The maximum absolute atomic E-state index is 8.94. The molecule has 0 fully saturated rings. The summed E-state index contributed by atoms with van der Waals surface area (Å²) in [7, 11) is 0. The molecule has 0 amide bonds. The van der Waals surface area contributed by atoms with Crippen molar-refractivity contribution in [3.63, 3.8) is 0 Å². The third kappa shape index (κ3) is 3.56. The van der Waals surface area contributed by atoms with Crippen LogP contribution in [-0.4, -0.2) is 18.3 Å². The lowest BCUT2D eigenvalue weighted by atomic mass is 9.87. The number of aliphatic hydroxyl groups is 1. The molecule has 0 saturated heterocycles. The van der Waals surface area contributed by atoms with E-state index in [1.54, 1.807) is 0 Å². The lowest BCUT2D eigenvalue weighted by Crippen LogP contribution is -2.32. The highest BCUT2D eigenvalue weighted by atomic mass is 16.2. The first-order chi connectivity index (χ1) is 9.03. The van der Waals surface area contributed by atoms with Crippen molar-refractivity contribution in [2.45, 2.75) is 45.2 Å². The van der Waals surface area contributed by atoms with Crippen molar-refractivity contribution in [2.75, 3.05) is 13.2 Å². The van der Waals surface area contributed by atoms with Gasteiger partial charge in [-0.15, -0.1) is 0 Å². The highest BCUT2D eigenvalue weighted by Gasteiger charge is 2.29. The van der Waals surface area contributed by atoms with Crippen LogP contribution in [0.15, 0.2) is 24.3 Å². The molecule has 2 atom stereocenters. The Bertz CT molecular complexity index is 417. The van der Waals surface area contributed by atoms with Crippen LogP contribution >= 0.6 is 0 Å². The summed E-state index contributed by atoms with van der Waals surface area (Å²) in [4.78, 5) is 0. The fourth-order valence-corrected chi connectivity index (χ4v) is 2.91. The Morgan fingerprint density at radius 3 is 2.68 bits per heavy atom. The van der Waals surface area contributed by atoms with Gasteiger partial charge in [0.1, 0.15) is 0 Å². The summed E-state index contributed by atoms with van der Waals surface area (Å²) < 4.78 is 0. The molecule has 1 aromatic rings. The van der Waals surface area contributed by atoms with Gasteiger partial charge in [0.25, 0.3) is 0 Å². The van der Waals surface area contributed by atoms with E-state index < -0.39 is 0 Å². The number of hydrogen-bond acceptors (Lipinski definition) is 3. The molecule has 2 unspecified atom stereocenters. The van der Waals surface area contributed by atoms with Gasteiger partial charge in [-0.05, 0) is 35.8 Å². The molecule has 3 nitrogen and oxygen atoms in total. The molecule has 1 aliphatic rings. The quantitative estimate of drug-likeness (QED) is 0.738. The summed E-state index contributed by atoms with van der Waals surface area (Å²) >= 11 is 0. The van der Waals surface area contributed by atoms with Gasteiger partial charge in [0.2, 0.25) is 0 Å². The molecule has 0 radical (unpaired) electrons. The molecular weight excluding hydrogens is 236 g/mol. The molecule has 19 heavy (non-hydrogen) atoms. The van der Waals surface area contributed by atoms with Gasteiger partial charge in [-0.3, -0.25) is 0 Å². The Kier molecular flexibility index (Phi) is 4.61. The van der Waals surface area contributed by atoms with E-state index in [0.717, 1.165) is 25.8 Å². The first kappa shape index (κ1) is 14.5. The van der Waals surface area contributed by atoms with Crippen LogP contribution < -0.4 is 11.1 Å². The molecule has 0 heterocycles. The van der Waals surface area contributed by atoms with Crippen LogP contribution in [0.25, 0.3) is 0 Å². The lowest BCUT2D eigenvalue weighted by Gasteiger charge is -2.27. The molecular formula is C16H26N2O. The Labute approximate surface area is 116 Å². The fourth-order valence-electron chi connectivity index (χ4n) is 2.91. The number of fused-ring (bicyclic) bond motifs is 1. The number of rotatable bonds is 6. The van der Waals surface area contributed by atoms with Gasteiger partial charge in [0.05, 0.1) is 0 Å². The van der Waals surface area contributed by atoms with E-state index in [1.165, 1.54) is 11.1 Å². The highest BCUT2D eigenvalue weighted by molar-refractivity contribution is 5.37. The van der Waals surface area contributed by atoms with Crippen molar-refractivity contribution >= 4 is 0 Å². The molecule has 1 aliphatic carbocycles. The second-order valence-electron chi connectivity index (χ2n) is 6.40. The van der Waals surface area contributed by atoms with Crippen molar-refractivity contribution in [1.82, 2.24) is 5.32 Å². The minimum absolute atomic E-state index is 0.161. The van der Waals surface area contributed by atoms with Crippen LogP contribution in [0.3, 0.4) is 0 Å². The minimum Gasteiger partial charge on any atom is -0.396 e. The SMILES string of the molecule is CC(C)(CCCO)CNC1CC(N)c2ccccc21. The first-order valence-corrected chi connectivity index (χ1v) is 7.22. The zero-order valence-corrected chi connectivity index (χ0v) is 12.0. The first-order valence-electron chi connectivity index (χ1n) is 7.22. The standard InChI is InChI=1S/C16H26N2O/c1-16(2,8-5-9-19)11-18-15-10-14(17)12-6-3-4-7-13(12)15/h3-4,6-7,14-15,18-19H,5,8-11,17H2,1-2H3. The zero-order chi connectivity index (χ0) is 13.9. The van der Waals surface area contributed by atoms with Gasteiger partial charge in [-0.1, -0.05) is 38.1 Å². The summed E-state index contributed by atoms with van der Waals surface area (Å²) in [6, 6.07) is 9.00. The van der Waals surface area contributed by atoms with Crippen molar-refractivity contribution in [3.05, 3.63) is 35.4 Å². The van der Waals surface area contributed by atoms with E-state index in [4.69, 9.17) is 10.8 Å². The van der Waals surface area contributed by atoms with Crippen molar-refractivity contribution in [1.29, 1.82) is 0 Å². The van der Waals surface area contributed by atoms with Gasteiger partial charge in [-0.25, -0.2) is 0 Å². The van der Waals surface area contributed by atoms with Gasteiger partial charge in [-0.2, -0.15) is 0 Å². The average molecular weight is 262 g/mol. The minimum atomic E-state index is 0.161. The second-order valence-corrected chi connectivity index (χ2v) is 6.40. The summed E-state index contributed by atoms with van der Waals surface area (Å²) in [6.45, 7) is 5.73. The fraction of sp³-hybridized carbons (Fsp3) is 0.625. The molecule has 3 heteroatoms. The van der Waals surface area contributed by atoms with Gasteiger partial charge >= 0.3 is 0 Å². The Morgan fingerprint density at radius 2 is 2.00 bits per heavy atom. The van der Waals surface area contributed by atoms with Gasteiger partial charge in [0.15, 0.2) is 0 Å². The molecule has 0 aromatic heterocycles. The molecule has 4 N–H and O–H groups in total.